The van der Waals surface area contributed by atoms with Crippen molar-refractivity contribution in [1.82, 2.24) is 9.55 Å². The number of nitrogens with zero attached hydrogens (tertiary/aromatic N) is 2. The molecule has 0 spiro atoms. The van der Waals surface area contributed by atoms with Gasteiger partial charge in [-0.25, -0.2) is 9.37 Å². The summed E-state index contributed by atoms with van der Waals surface area (Å²) in [5.41, 5.74) is 2.57. The van der Waals surface area contributed by atoms with Crippen molar-refractivity contribution in [2.45, 2.75) is 19.4 Å². The van der Waals surface area contributed by atoms with Gasteiger partial charge in [-0.2, -0.15) is 0 Å². The zero-order valence-corrected chi connectivity index (χ0v) is 18.8. The molecule has 4 rings (SSSR count). The number of ether oxygens (including phenoxy) is 1. The Hall–Kier alpha value is -3.09. The lowest BCUT2D eigenvalue weighted by atomic mass is 10.1. The first-order valence-corrected chi connectivity index (χ1v) is 10.7. The molecule has 0 atom stereocenters. The topological polar surface area (TPSA) is 56.1 Å². The van der Waals surface area contributed by atoms with Crippen molar-refractivity contribution in [2.75, 3.05) is 12.4 Å². The first kappa shape index (κ1) is 22.1. The van der Waals surface area contributed by atoms with Gasteiger partial charge in [-0.1, -0.05) is 41.4 Å². The molecular formula is C24H20Cl2FN3O2. The molecule has 3 aromatic carbocycles. The van der Waals surface area contributed by atoms with Crippen molar-refractivity contribution in [3.8, 4) is 5.75 Å². The van der Waals surface area contributed by atoms with Gasteiger partial charge in [0.25, 0.3) is 0 Å². The highest BCUT2D eigenvalue weighted by atomic mass is 35.5. The van der Waals surface area contributed by atoms with Crippen molar-refractivity contribution < 1.29 is 13.9 Å². The minimum absolute atomic E-state index is 0.158. The second-order valence-electron chi connectivity index (χ2n) is 7.23. The Balaban J connectivity index is 1.58. The van der Waals surface area contributed by atoms with Crippen LogP contribution in [-0.2, 0) is 17.8 Å². The van der Waals surface area contributed by atoms with Crippen LogP contribution in [0.3, 0.4) is 0 Å². The Morgan fingerprint density at radius 2 is 1.81 bits per heavy atom. The van der Waals surface area contributed by atoms with Crippen molar-refractivity contribution in [3.05, 3.63) is 87.9 Å². The molecule has 32 heavy (non-hydrogen) atoms. The van der Waals surface area contributed by atoms with E-state index in [2.05, 4.69) is 10.3 Å². The largest absolute Gasteiger partial charge is 0.497 e. The quantitative estimate of drug-likeness (QED) is 0.353. The van der Waals surface area contributed by atoms with Crippen LogP contribution in [0.4, 0.5) is 10.1 Å². The minimum atomic E-state index is -0.306. The number of amides is 1. The number of nitrogens with one attached hydrogen (secondary N) is 1. The lowest BCUT2D eigenvalue weighted by Crippen LogP contribution is -2.16. The highest BCUT2D eigenvalue weighted by Gasteiger charge is 2.16. The molecule has 0 aliphatic rings. The van der Waals surface area contributed by atoms with Gasteiger partial charge in [-0.05, 0) is 48.0 Å². The maximum absolute atomic E-state index is 14.2. The molecule has 5 nitrogen and oxygen atoms in total. The van der Waals surface area contributed by atoms with E-state index in [1.165, 1.54) is 6.07 Å². The van der Waals surface area contributed by atoms with Crippen LogP contribution in [0.1, 0.15) is 17.8 Å². The summed E-state index contributed by atoms with van der Waals surface area (Å²) in [6.45, 7) is 0.347. The number of anilines is 1. The zero-order valence-electron chi connectivity index (χ0n) is 17.2. The van der Waals surface area contributed by atoms with Crippen molar-refractivity contribution in [2.24, 2.45) is 0 Å². The van der Waals surface area contributed by atoms with E-state index in [0.29, 0.717) is 44.9 Å². The second-order valence-corrected chi connectivity index (χ2v) is 8.04. The first-order valence-electron chi connectivity index (χ1n) is 9.96. The molecule has 0 unspecified atom stereocenters. The Morgan fingerprint density at radius 1 is 1.09 bits per heavy atom. The maximum Gasteiger partial charge on any atom is 0.226 e. The van der Waals surface area contributed by atoms with Gasteiger partial charge in [-0.15, -0.1) is 0 Å². The molecule has 1 amide bonds. The summed E-state index contributed by atoms with van der Waals surface area (Å²) >= 11 is 12.4. The van der Waals surface area contributed by atoms with Crippen LogP contribution in [-0.4, -0.2) is 22.6 Å². The van der Waals surface area contributed by atoms with E-state index in [1.807, 2.05) is 4.57 Å². The van der Waals surface area contributed by atoms with Crippen LogP contribution in [0.15, 0.2) is 60.7 Å². The van der Waals surface area contributed by atoms with Gasteiger partial charge >= 0.3 is 0 Å². The lowest BCUT2D eigenvalue weighted by molar-refractivity contribution is -0.116. The number of halogens is 3. The monoisotopic (exact) mass is 471 g/mol. The molecule has 8 heteroatoms. The van der Waals surface area contributed by atoms with Gasteiger partial charge in [0.15, 0.2) is 0 Å². The molecule has 1 heterocycles. The summed E-state index contributed by atoms with van der Waals surface area (Å²) in [6, 6.07) is 17.1. The molecule has 0 fully saturated rings. The van der Waals surface area contributed by atoms with Gasteiger partial charge in [-0.3, -0.25) is 4.79 Å². The van der Waals surface area contributed by atoms with Crippen molar-refractivity contribution >= 4 is 45.8 Å². The van der Waals surface area contributed by atoms with Crippen LogP contribution in [0.25, 0.3) is 11.0 Å². The number of hydrogen-bond donors (Lipinski definition) is 1. The number of fused-ring (bicyclic) bond motifs is 1. The smallest absolute Gasteiger partial charge is 0.226 e. The van der Waals surface area contributed by atoms with E-state index in [-0.39, 0.29) is 24.6 Å². The maximum atomic E-state index is 14.2. The molecule has 0 saturated heterocycles. The van der Waals surface area contributed by atoms with Gasteiger partial charge in [0.1, 0.15) is 17.4 Å². The summed E-state index contributed by atoms with van der Waals surface area (Å²) in [5, 5.41) is 3.64. The predicted molar refractivity (Wildman–Crippen MR) is 125 cm³/mol. The molecule has 1 N–H and O–H groups in total. The molecule has 164 valence electrons. The Kier molecular flexibility index (Phi) is 6.63. The summed E-state index contributed by atoms with van der Waals surface area (Å²) in [7, 11) is 1.58. The summed E-state index contributed by atoms with van der Waals surface area (Å²) in [6.07, 6.45) is 0.471. The standard InChI is InChI=1S/C24H20Cl2FN3O2/c1-32-17-8-6-16(7-9-17)28-24(31)10-11-30-22-14-19(26)18(25)13-21(22)29-23(30)12-15-4-2-3-5-20(15)27/h2-9,13-14H,10-12H2,1H3,(H,28,31). The highest BCUT2D eigenvalue weighted by Crippen LogP contribution is 2.29. The van der Waals surface area contributed by atoms with Crippen LogP contribution < -0.4 is 10.1 Å². The van der Waals surface area contributed by atoms with Gasteiger partial charge < -0.3 is 14.6 Å². The molecule has 1 aromatic heterocycles. The molecule has 4 aromatic rings. The van der Waals surface area contributed by atoms with E-state index in [9.17, 15) is 9.18 Å². The van der Waals surface area contributed by atoms with E-state index < -0.39 is 0 Å². The zero-order chi connectivity index (χ0) is 22.7. The normalized spacial score (nSPS) is 11.0. The first-order chi connectivity index (χ1) is 15.4. The van der Waals surface area contributed by atoms with E-state index >= 15 is 0 Å². The molecular weight excluding hydrogens is 452 g/mol. The fourth-order valence-corrected chi connectivity index (χ4v) is 3.79. The number of benzene rings is 3. The van der Waals surface area contributed by atoms with Gasteiger partial charge in [0.05, 0.1) is 28.2 Å². The minimum Gasteiger partial charge on any atom is -0.497 e. The van der Waals surface area contributed by atoms with Crippen LogP contribution in [0.2, 0.25) is 10.0 Å². The highest BCUT2D eigenvalue weighted by molar-refractivity contribution is 6.42. The molecule has 0 aliphatic carbocycles. The number of aryl methyl sites for hydroxylation is 1. The van der Waals surface area contributed by atoms with E-state index in [0.717, 1.165) is 5.52 Å². The predicted octanol–water partition coefficient (Wildman–Crippen LogP) is 6.11. The van der Waals surface area contributed by atoms with Crippen molar-refractivity contribution in [1.29, 1.82) is 0 Å². The second kappa shape index (κ2) is 9.59. The van der Waals surface area contributed by atoms with Crippen molar-refractivity contribution in [3.63, 3.8) is 0 Å². The number of imidazole rings is 1. The SMILES string of the molecule is COc1ccc(NC(=O)CCn2c(Cc3ccccc3F)nc3cc(Cl)c(Cl)cc32)cc1. The Morgan fingerprint density at radius 3 is 2.53 bits per heavy atom. The third kappa shape index (κ3) is 4.87. The molecule has 0 radical (unpaired) electrons. The molecule has 0 aliphatic heterocycles. The summed E-state index contributed by atoms with van der Waals surface area (Å²) < 4.78 is 21.3. The lowest BCUT2D eigenvalue weighted by Gasteiger charge is -2.11. The van der Waals surface area contributed by atoms with Crippen LogP contribution >= 0.6 is 23.2 Å². The average Bonchev–Trinajstić information content (AvgIpc) is 3.10. The molecule has 0 bridgehead atoms. The number of rotatable bonds is 7. The average molecular weight is 472 g/mol. The van der Waals surface area contributed by atoms with Crippen LogP contribution in [0.5, 0.6) is 5.75 Å². The summed E-state index contributed by atoms with van der Waals surface area (Å²) in [5.74, 6) is 0.871. The van der Waals surface area contributed by atoms with Gasteiger partial charge in [0, 0.05) is 25.1 Å². The third-order valence-electron chi connectivity index (χ3n) is 5.11. The number of carbonyl (C=O) groups excluding carboxylic acids is 1. The number of methoxy groups -OCH3 is 1. The fourth-order valence-electron chi connectivity index (χ4n) is 3.48. The van der Waals surface area contributed by atoms with E-state index in [4.69, 9.17) is 27.9 Å². The number of hydrogen-bond acceptors (Lipinski definition) is 3. The fraction of sp³-hybridized carbons (Fsp3) is 0.167. The Bertz CT molecular complexity index is 1270. The van der Waals surface area contributed by atoms with Crippen LogP contribution in [0, 0.1) is 5.82 Å². The Labute approximate surface area is 194 Å². The molecule has 0 saturated carbocycles. The summed E-state index contributed by atoms with van der Waals surface area (Å²) in [4.78, 5) is 17.2. The number of carbonyl (C=O) groups is 1. The third-order valence-corrected chi connectivity index (χ3v) is 5.83. The van der Waals surface area contributed by atoms with E-state index in [1.54, 1.807) is 61.7 Å². The number of aromatic nitrogens is 2. The van der Waals surface area contributed by atoms with Gasteiger partial charge in [0.2, 0.25) is 5.91 Å².